The van der Waals surface area contributed by atoms with Gasteiger partial charge < -0.3 is 5.32 Å². The second-order valence-corrected chi connectivity index (χ2v) is 8.25. The number of sulfonamides is 1. The lowest BCUT2D eigenvalue weighted by Gasteiger charge is -2.22. The Labute approximate surface area is 154 Å². The molecule has 0 aromatic heterocycles. The maximum absolute atomic E-state index is 12.9. The van der Waals surface area contributed by atoms with Crippen LogP contribution in [0.2, 0.25) is 5.02 Å². The number of carbonyl (C=O) groups excluding carboxylic acids is 1. The number of hydrogen-bond donors (Lipinski definition) is 1. The molecule has 0 aliphatic heterocycles. The molecule has 24 heavy (non-hydrogen) atoms. The predicted molar refractivity (Wildman–Crippen MR) is 97.3 cm³/mol. The molecule has 128 valence electrons. The molecule has 2 aromatic carbocycles. The van der Waals surface area contributed by atoms with Crippen LogP contribution in [0.3, 0.4) is 0 Å². The SMILES string of the molecule is CNC(=O)CN(Cc1ccccc1Cl)S(=O)(=O)c1ccc(Br)cc1. The van der Waals surface area contributed by atoms with Crippen LogP contribution in [-0.4, -0.2) is 32.2 Å². The zero-order chi connectivity index (χ0) is 17.7. The molecule has 2 aromatic rings. The minimum absolute atomic E-state index is 0.00545. The molecule has 0 heterocycles. The van der Waals surface area contributed by atoms with Gasteiger partial charge in [-0.25, -0.2) is 8.42 Å². The maximum Gasteiger partial charge on any atom is 0.243 e. The minimum Gasteiger partial charge on any atom is -0.358 e. The Morgan fingerprint density at radius 1 is 1.17 bits per heavy atom. The zero-order valence-corrected chi connectivity index (χ0v) is 16.0. The first kappa shape index (κ1) is 18.9. The lowest BCUT2D eigenvalue weighted by Crippen LogP contribution is -2.39. The van der Waals surface area contributed by atoms with E-state index in [0.717, 1.165) is 8.78 Å². The van der Waals surface area contributed by atoms with Crippen molar-refractivity contribution in [3.63, 3.8) is 0 Å². The van der Waals surface area contributed by atoms with E-state index in [1.807, 2.05) is 0 Å². The van der Waals surface area contributed by atoms with Crippen LogP contribution in [0.4, 0.5) is 0 Å². The average molecular weight is 432 g/mol. The average Bonchev–Trinajstić information content (AvgIpc) is 2.56. The maximum atomic E-state index is 12.9. The molecule has 1 amide bonds. The quantitative estimate of drug-likeness (QED) is 0.764. The smallest absolute Gasteiger partial charge is 0.243 e. The van der Waals surface area contributed by atoms with Gasteiger partial charge in [-0.05, 0) is 35.9 Å². The number of nitrogens with zero attached hydrogens (tertiary/aromatic N) is 1. The van der Waals surface area contributed by atoms with Gasteiger partial charge in [-0.3, -0.25) is 4.79 Å². The molecule has 0 saturated heterocycles. The lowest BCUT2D eigenvalue weighted by atomic mass is 10.2. The molecule has 0 aliphatic rings. The van der Waals surface area contributed by atoms with Crippen molar-refractivity contribution in [1.82, 2.24) is 9.62 Å². The highest BCUT2D eigenvalue weighted by molar-refractivity contribution is 9.10. The number of likely N-dealkylation sites (N-methyl/N-ethyl adjacent to an activating group) is 1. The molecule has 8 heteroatoms. The van der Waals surface area contributed by atoms with E-state index >= 15 is 0 Å². The molecule has 0 spiro atoms. The van der Waals surface area contributed by atoms with Gasteiger partial charge in [0.1, 0.15) is 0 Å². The van der Waals surface area contributed by atoms with Gasteiger partial charge in [0.25, 0.3) is 0 Å². The highest BCUT2D eigenvalue weighted by Gasteiger charge is 2.27. The molecule has 0 saturated carbocycles. The highest BCUT2D eigenvalue weighted by atomic mass is 79.9. The number of carbonyl (C=O) groups is 1. The van der Waals surface area contributed by atoms with Crippen LogP contribution in [0.25, 0.3) is 0 Å². The molecule has 2 rings (SSSR count). The van der Waals surface area contributed by atoms with E-state index in [-0.39, 0.29) is 18.0 Å². The first-order valence-electron chi connectivity index (χ1n) is 7.04. The Morgan fingerprint density at radius 3 is 2.38 bits per heavy atom. The minimum atomic E-state index is -3.84. The molecule has 0 aliphatic carbocycles. The van der Waals surface area contributed by atoms with Crippen molar-refractivity contribution >= 4 is 43.5 Å². The number of hydrogen-bond acceptors (Lipinski definition) is 3. The third kappa shape index (κ3) is 4.57. The van der Waals surface area contributed by atoms with Gasteiger partial charge in [-0.2, -0.15) is 4.31 Å². The normalized spacial score (nSPS) is 11.5. The Kier molecular flexibility index (Phi) is 6.40. The van der Waals surface area contributed by atoms with Crippen molar-refractivity contribution in [1.29, 1.82) is 0 Å². The summed E-state index contributed by atoms with van der Waals surface area (Å²) in [5.74, 6) is -0.400. The third-order valence-electron chi connectivity index (χ3n) is 3.35. The summed E-state index contributed by atoms with van der Waals surface area (Å²) >= 11 is 9.40. The molecule has 5 nitrogen and oxygen atoms in total. The second-order valence-electron chi connectivity index (χ2n) is 4.99. The Morgan fingerprint density at radius 2 is 1.79 bits per heavy atom. The van der Waals surface area contributed by atoms with Crippen LogP contribution < -0.4 is 5.32 Å². The van der Waals surface area contributed by atoms with Gasteiger partial charge in [0.2, 0.25) is 15.9 Å². The van der Waals surface area contributed by atoms with Crippen molar-refractivity contribution < 1.29 is 13.2 Å². The second kappa shape index (κ2) is 8.11. The number of benzene rings is 2. The Hall–Kier alpha value is -1.41. The molecule has 0 unspecified atom stereocenters. The van der Waals surface area contributed by atoms with Gasteiger partial charge in [0, 0.05) is 23.1 Å². The Balaban J connectivity index is 2.39. The summed E-state index contributed by atoms with van der Waals surface area (Å²) in [6.45, 7) is -0.286. The summed E-state index contributed by atoms with van der Waals surface area (Å²) in [5.41, 5.74) is 0.628. The van der Waals surface area contributed by atoms with E-state index in [9.17, 15) is 13.2 Å². The predicted octanol–water partition coefficient (Wildman–Crippen LogP) is 3.04. The van der Waals surface area contributed by atoms with Crippen LogP contribution in [0, 0.1) is 0 Å². The molecule has 0 fully saturated rings. The van der Waals surface area contributed by atoms with E-state index in [2.05, 4.69) is 21.2 Å². The summed E-state index contributed by atoms with van der Waals surface area (Å²) in [6.07, 6.45) is 0. The summed E-state index contributed by atoms with van der Waals surface area (Å²) in [6, 6.07) is 13.2. The lowest BCUT2D eigenvalue weighted by molar-refractivity contribution is -0.120. The first-order valence-corrected chi connectivity index (χ1v) is 9.65. The summed E-state index contributed by atoms with van der Waals surface area (Å²) in [4.78, 5) is 11.9. The third-order valence-corrected chi connectivity index (χ3v) is 6.06. The topological polar surface area (TPSA) is 66.5 Å². The van der Waals surface area contributed by atoms with Crippen LogP contribution in [-0.2, 0) is 21.4 Å². The molecule has 0 bridgehead atoms. The van der Waals surface area contributed by atoms with E-state index < -0.39 is 15.9 Å². The van der Waals surface area contributed by atoms with E-state index in [0.29, 0.717) is 10.6 Å². The van der Waals surface area contributed by atoms with Gasteiger partial charge >= 0.3 is 0 Å². The fourth-order valence-electron chi connectivity index (χ4n) is 2.04. The zero-order valence-electron chi connectivity index (χ0n) is 12.9. The van der Waals surface area contributed by atoms with E-state index in [1.54, 1.807) is 36.4 Å². The molecule has 0 atom stereocenters. The number of rotatable bonds is 6. The summed E-state index contributed by atoms with van der Waals surface area (Å²) < 4.78 is 27.7. The van der Waals surface area contributed by atoms with Crippen LogP contribution in [0.5, 0.6) is 0 Å². The van der Waals surface area contributed by atoms with Gasteiger partial charge in [-0.1, -0.05) is 45.7 Å². The molecular weight excluding hydrogens is 416 g/mol. The number of halogens is 2. The van der Waals surface area contributed by atoms with Crippen LogP contribution in [0.15, 0.2) is 57.9 Å². The van der Waals surface area contributed by atoms with Crippen LogP contribution >= 0.6 is 27.5 Å². The largest absolute Gasteiger partial charge is 0.358 e. The van der Waals surface area contributed by atoms with Crippen LogP contribution in [0.1, 0.15) is 5.56 Å². The monoisotopic (exact) mass is 430 g/mol. The van der Waals surface area contributed by atoms with Gasteiger partial charge in [0.05, 0.1) is 11.4 Å². The fourth-order valence-corrected chi connectivity index (χ4v) is 3.87. The summed E-state index contributed by atoms with van der Waals surface area (Å²) in [7, 11) is -2.38. The van der Waals surface area contributed by atoms with Crippen molar-refractivity contribution in [3.8, 4) is 0 Å². The number of nitrogens with one attached hydrogen (secondary N) is 1. The molecular formula is C16H16BrClN2O3S. The van der Waals surface area contributed by atoms with Crippen molar-refractivity contribution in [2.45, 2.75) is 11.4 Å². The van der Waals surface area contributed by atoms with Gasteiger partial charge in [-0.15, -0.1) is 0 Å². The Bertz CT molecular complexity index is 825. The standard InChI is InChI=1S/C16H16BrClN2O3S/c1-19-16(21)11-20(10-12-4-2-3-5-15(12)18)24(22,23)14-8-6-13(17)7-9-14/h2-9H,10-11H2,1H3,(H,19,21). The highest BCUT2D eigenvalue weighted by Crippen LogP contribution is 2.23. The number of amides is 1. The first-order chi connectivity index (χ1) is 11.3. The van der Waals surface area contributed by atoms with Crippen molar-refractivity contribution in [2.75, 3.05) is 13.6 Å². The van der Waals surface area contributed by atoms with E-state index in [4.69, 9.17) is 11.6 Å². The summed E-state index contributed by atoms with van der Waals surface area (Å²) in [5, 5.41) is 2.89. The fraction of sp³-hybridized carbons (Fsp3) is 0.188. The van der Waals surface area contributed by atoms with E-state index in [1.165, 1.54) is 19.2 Å². The molecule has 1 N–H and O–H groups in total. The van der Waals surface area contributed by atoms with Gasteiger partial charge in [0.15, 0.2) is 0 Å². The van der Waals surface area contributed by atoms with Crippen molar-refractivity contribution in [3.05, 3.63) is 63.6 Å². The van der Waals surface area contributed by atoms with Crippen molar-refractivity contribution in [2.24, 2.45) is 0 Å². The molecule has 0 radical (unpaired) electrons.